The quantitative estimate of drug-likeness (QED) is 0.494. The van der Waals surface area contributed by atoms with Crippen LogP contribution >= 0.6 is 0 Å². The van der Waals surface area contributed by atoms with Crippen molar-refractivity contribution in [2.75, 3.05) is 23.8 Å². The van der Waals surface area contributed by atoms with Gasteiger partial charge in [-0.2, -0.15) is 0 Å². The first-order valence-electron chi connectivity index (χ1n) is 9.92. The van der Waals surface area contributed by atoms with Crippen molar-refractivity contribution in [3.63, 3.8) is 0 Å². The van der Waals surface area contributed by atoms with Crippen LogP contribution in [0, 0.1) is 0 Å². The van der Waals surface area contributed by atoms with Crippen molar-refractivity contribution >= 4 is 29.3 Å². The van der Waals surface area contributed by atoms with E-state index in [0.29, 0.717) is 23.7 Å². The molecule has 0 aliphatic heterocycles. The molecule has 0 atom stereocenters. The Bertz CT molecular complexity index is 1030. The summed E-state index contributed by atoms with van der Waals surface area (Å²) in [5.74, 6) is 0.850. The van der Waals surface area contributed by atoms with Gasteiger partial charge in [-0.25, -0.2) is 0 Å². The molecule has 0 bridgehead atoms. The molecule has 2 amide bonds. The third-order valence-electron chi connectivity index (χ3n) is 4.15. The summed E-state index contributed by atoms with van der Waals surface area (Å²) in [6.07, 6.45) is 3.17. The molecule has 0 aromatic heterocycles. The molecule has 3 rings (SSSR count). The molecule has 6 heteroatoms. The minimum atomic E-state index is -0.289. The number of amides is 2. The lowest BCUT2D eigenvalue weighted by Gasteiger charge is -2.09. The van der Waals surface area contributed by atoms with E-state index in [4.69, 9.17) is 9.47 Å². The first-order valence-corrected chi connectivity index (χ1v) is 9.92. The molecule has 2 N–H and O–H groups in total. The van der Waals surface area contributed by atoms with Gasteiger partial charge in [-0.05, 0) is 61.0 Å². The predicted octanol–water partition coefficient (Wildman–Crippen LogP) is 4.75. The highest BCUT2D eigenvalue weighted by molar-refractivity contribution is 6.02. The maximum atomic E-state index is 12.2. The first-order chi connectivity index (χ1) is 15.1. The lowest BCUT2D eigenvalue weighted by Crippen LogP contribution is -2.20. The molecule has 31 heavy (non-hydrogen) atoms. The Labute approximate surface area is 181 Å². The number of ether oxygens (including phenoxy) is 2. The summed E-state index contributed by atoms with van der Waals surface area (Å²) in [7, 11) is 0. The van der Waals surface area contributed by atoms with E-state index in [-0.39, 0.29) is 18.4 Å². The maximum absolute atomic E-state index is 12.2. The average Bonchev–Trinajstić information content (AvgIpc) is 2.78. The van der Waals surface area contributed by atoms with Gasteiger partial charge in [0.05, 0.1) is 6.61 Å². The summed E-state index contributed by atoms with van der Waals surface area (Å²) in [5.41, 5.74) is 2.02. The fourth-order valence-corrected chi connectivity index (χ4v) is 2.74. The van der Waals surface area contributed by atoms with Gasteiger partial charge in [0.25, 0.3) is 5.91 Å². The van der Waals surface area contributed by atoms with Crippen LogP contribution in [0.3, 0.4) is 0 Å². The standard InChI is InChI=1S/C25H24N2O4/c1-2-30-23-14-11-19(12-15-23)13-16-24(28)26-20-7-6-8-21(17-20)27-25(29)18-31-22-9-4-3-5-10-22/h3-17H,2,18H2,1H3,(H,26,28)(H,27,29)/b16-13+. The zero-order valence-electron chi connectivity index (χ0n) is 17.2. The molecule has 3 aromatic carbocycles. The SMILES string of the molecule is CCOc1ccc(/C=C/C(=O)Nc2cccc(NC(=O)COc3ccccc3)c2)cc1. The Morgan fingerprint density at radius 1 is 0.806 bits per heavy atom. The smallest absolute Gasteiger partial charge is 0.262 e. The number of nitrogens with one attached hydrogen (secondary N) is 2. The largest absolute Gasteiger partial charge is 0.494 e. The lowest BCUT2D eigenvalue weighted by atomic mass is 10.2. The van der Waals surface area contributed by atoms with Crippen LogP contribution in [0.15, 0.2) is 84.9 Å². The van der Waals surface area contributed by atoms with E-state index in [2.05, 4.69) is 10.6 Å². The van der Waals surface area contributed by atoms with E-state index in [0.717, 1.165) is 11.3 Å². The van der Waals surface area contributed by atoms with Gasteiger partial charge in [0.15, 0.2) is 6.61 Å². The topological polar surface area (TPSA) is 76.7 Å². The van der Waals surface area contributed by atoms with Crippen LogP contribution in [-0.2, 0) is 9.59 Å². The highest BCUT2D eigenvalue weighted by Gasteiger charge is 2.05. The number of anilines is 2. The molecule has 0 fully saturated rings. The highest BCUT2D eigenvalue weighted by Crippen LogP contribution is 2.16. The van der Waals surface area contributed by atoms with Gasteiger partial charge < -0.3 is 20.1 Å². The van der Waals surface area contributed by atoms with E-state index in [1.807, 2.05) is 49.4 Å². The molecular weight excluding hydrogens is 392 g/mol. The minimum Gasteiger partial charge on any atom is -0.494 e. The van der Waals surface area contributed by atoms with Gasteiger partial charge in [-0.1, -0.05) is 36.4 Å². The first kappa shape index (κ1) is 21.6. The molecule has 0 spiro atoms. The van der Waals surface area contributed by atoms with Crippen molar-refractivity contribution in [2.45, 2.75) is 6.92 Å². The van der Waals surface area contributed by atoms with Crippen LogP contribution in [0.2, 0.25) is 0 Å². The Balaban J connectivity index is 1.51. The molecule has 3 aromatic rings. The van der Waals surface area contributed by atoms with Gasteiger partial charge in [-0.15, -0.1) is 0 Å². The van der Waals surface area contributed by atoms with Crippen LogP contribution in [-0.4, -0.2) is 25.0 Å². The second-order valence-electron chi connectivity index (χ2n) is 6.56. The third kappa shape index (κ3) is 7.36. The highest BCUT2D eigenvalue weighted by atomic mass is 16.5. The van der Waals surface area contributed by atoms with Crippen LogP contribution in [0.5, 0.6) is 11.5 Å². The van der Waals surface area contributed by atoms with Crippen molar-refractivity contribution < 1.29 is 19.1 Å². The fraction of sp³-hybridized carbons (Fsp3) is 0.120. The molecule has 0 heterocycles. The summed E-state index contributed by atoms with van der Waals surface area (Å²) >= 11 is 0. The molecule has 0 saturated heterocycles. The van der Waals surface area contributed by atoms with Gasteiger partial charge in [0.2, 0.25) is 5.91 Å². The summed E-state index contributed by atoms with van der Waals surface area (Å²) in [6, 6.07) is 23.5. The van der Waals surface area contributed by atoms with E-state index in [1.54, 1.807) is 42.5 Å². The van der Waals surface area contributed by atoms with Gasteiger partial charge in [0.1, 0.15) is 11.5 Å². The van der Waals surface area contributed by atoms with E-state index >= 15 is 0 Å². The normalized spacial score (nSPS) is 10.5. The van der Waals surface area contributed by atoms with E-state index in [1.165, 1.54) is 6.08 Å². The number of carbonyl (C=O) groups excluding carboxylic acids is 2. The fourth-order valence-electron chi connectivity index (χ4n) is 2.74. The summed E-state index contributed by atoms with van der Waals surface area (Å²) in [5, 5.41) is 5.54. The molecule has 158 valence electrons. The summed E-state index contributed by atoms with van der Waals surface area (Å²) in [6.45, 7) is 2.43. The van der Waals surface area contributed by atoms with Crippen molar-refractivity contribution in [2.24, 2.45) is 0 Å². The molecule has 0 radical (unpaired) electrons. The number of para-hydroxylation sites is 1. The second kappa shape index (κ2) is 11.2. The van der Waals surface area contributed by atoms with Crippen molar-refractivity contribution in [3.8, 4) is 11.5 Å². The Morgan fingerprint density at radius 3 is 2.19 bits per heavy atom. The summed E-state index contributed by atoms with van der Waals surface area (Å²) in [4.78, 5) is 24.3. The minimum absolute atomic E-state index is 0.106. The van der Waals surface area contributed by atoms with Crippen LogP contribution in [0.1, 0.15) is 12.5 Å². The summed E-state index contributed by atoms with van der Waals surface area (Å²) < 4.78 is 10.8. The Hall–Kier alpha value is -4.06. The molecular formula is C25H24N2O4. The Morgan fingerprint density at radius 2 is 1.48 bits per heavy atom. The van der Waals surface area contributed by atoms with E-state index in [9.17, 15) is 9.59 Å². The van der Waals surface area contributed by atoms with Crippen LogP contribution in [0.4, 0.5) is 11.4 Å². The zero-order valence-corrected chi connectivity index (χ0v) is 17.2. The van der Waals surface area contributed by atoms with E-state index < -0.39 is 0 Å². The van der Waals surface area contributed by atoms with Crippen LogP contribution in [0.25, 0.3) is 6.08 Å². The number of carbonyl (C=O) groups is 2. The lowest BCUT2D eigenvalue weighted by molar-refractivity contribution is -0.118. The average molecular weight is 416 g/mol. The molecule has 0 unspecified atom stereocenters. The van der Waals surface area contributed by atoms with Crippen LogP contribution < -0.4 is 20.1 Å². The molecule has 0 saturated carbocycles. The zero-order chi connectivity index (χ0) is 21.9. The van der Waals surface area contributed by atoms with Gasteiger partial charge in [0, 0.05) is 17.5 Å². The number of hydrogen-bond donors (Lipinski definition) is 2. The Kier molecular flexibility index (Phi) is 7.83. The predicted molar refractivity (Wildman–Crippen MR) is 122 cm³/mol. The van der Waals surface area contributed by atoms with Gasteiger partial charge in [-0.3, -0.25) is 9.59 Å². The van der Waals surface area contributed by atoms with Crippen molar-refractivity contribution in [1.82, 2.24) is 0 Å². The third-order valence-corrected chi connectivity index (χ3v) is 4.15. The number of rotatable bonds is 9. The number of hydrogen-bond acceptors (Lipinski definition) is 4. The van der Waals surface area contributed by atoms with Crippen molar-refractivity contribution in [1.29, 1.82) is 0 Å². The molecule has 6 nitrogen and oxygen atoms in total. The molecule has 0 aliphatic rings. The molecule has 0 aliphatic carbocycles. The van der Waals surface area contributed by atoms with Crippen molar-refractivity contribution in [3.05, 3.63) is 90.5 Å². The maximum Gasteiger partial charge on any atom is 0.262 e. The second-order valence-corrected chi connectivity index (χ2v) is 6.56. The number of benzene rings is 3. The van der Waals surface area contributed by atoms with Gasteiger partial charge >= 0.3 is 0 Å². The monoisotopic (exact) mass is 416 g/mol.